The van der Waals surface area contributed by atoms with Gasteiger partial charge in [-0.25, -0.2) is 0 Å². The highest BCUT2D eigenvalue weighted by Crippen LogP contribution is 2.20. The summed E-state index contributed by atoms with van der Waals surface area (Å²) in [7, 11) is 1.60. The molecule has 0 saturated carbocycles. The predicted molar refractivity (Wildman–Crippen MR) is 79.2 cm³/mol. The maximum absolute atomic E-state index is 13.1. The summed E-state index contributed by atoms with van der Waals surface area (Å²) in [6, 6.07) is 3.07. The first-order valence-electron chi connectivity index (χ1n) is 7.38. The lowest BCUT2D eigenvalue weighted by atomic mass is 10.2. The maximum atomic E-state index is 13.1. The fraction of sp³-hybridized carbons (Fsp3) is 0.667. The molecule has 0 bridgehead atoms. The van der Waals surface area contributed by atoms with Gasteiger partial charge in [-0.2, -0.15) is 8.78 Å². The number of aromatic nitrogens is 1. The van der Waals surface area contributed by atoms with E-state index in [2.05, 4.69) is 24.1 Å². The third-order valence-electron chi connectivity index (χ3n) is 4.19. The fourth-order valence-electron chi connectivity index (χ4n) is 2.84. The van der Waals surface area contributed by atoms with E-state index in [1.165, 1.54) is 12.1 Å². The molecular formula is C15H23F2N3O2. The third kappa shape index (κ3) is 3.30. The number of likely N-dealkylation sites (tertiary alicyclic amines) is 1. The van der Waals surface area contributed by atoms with E-state index in [4.69, 9.17) is 4.74 Å². The van der Waals surface area contributed by atoms with Crippen LogP contribution >= 0.6 is 0 Å². The van der Waals surface area contributed by atoms with E-state index >= 15 is 0 Å². The highest BCUT2D eigenvalue weighted by atomic mass is 19.3. The molecule has 0 spiro atoms. The lowest BCUT2D eigenvalue weighted by Gasteiger charge is -2.20. The number of aryl methyl sites for hydroxylation is 1. The molecule has 1 aliphatic heterocycles. The first kappa shape index (κ1) is 16.9. The van der Waals surface area contributed by atoms with Crippen molar-refractivity contribution in [3.05, 3.63) is 23.5 Å². The van der Waals surface area contributed by atoms with Crippen molar-refractivity contribution in [3.8, 4) is 0 Å². The Morgan fingerprint density at radius 3 is 2.59 bits per heavy atom. The van der Waals surface area contributed by atoms with Gasteiger partial charge in [-0.05, 0) is 32.9 Å². The number of carbonyl (C=O) groups is 1. The molecule has 2 atom stereocenters. The summed E-state index contributed by atoms with van der Waals surface area (Å²) < 4.78 is 32.3. The standard InChI is InChI=1S/C15H23F2N3O2/c1-9(2)19-7-11(13(8-19)22-4)18-14(21)12-6-5-10(3)20(12)15(16)17/h5-6,9,11,13,15H,7-8H2,1-4H3,(H,18,21)/t11-,13-/m1/s1. The van der Waals surface area contributed by atoms with Crippen molar-refractivity contribution in [2.24, 2.45) is 0 Å². The lowest BCUT2D eigenvalue weighted by Crippen LogP contribution is -2.44. The quantitative estimate of drug-likeness (QED) is 0.904. The number of nitrogens with zero attached hydrogens (tertiary/aromatic N) is 2. The lowest BCUT2D eigenvalue weighted by molar-refractivity contribution is 0.0587. The van der Waals surface area contributed by atoms with Gasteiger partial charge in [0.05, 0.1) is 12.1 Å². The van der Waals surface area contributed by atoms with Crippen LogP contribution in [-0.2, 0) is 4.74 Å². The number of rotatable bonds is 5. The van der Waals surface area contributed by atoms with Gasteiger partial charge in [-0.15, -0.1) is 0 Å². The molecule has 1 N–H and O–H groups in total. The molecule has 7 heteroatoms. The van der Waals surface area contributed by atoms with Crippen molar-refractivity contribution in [3.63, 3.8) is 0 Å². The molecule has 1 aliphatic rings. The molecule has 22 heavy (non-hydrogen) atoms. The summed E-state index contributed by atoms with van der Waals surface area (Å²) in [5.41, 5.74) is 0.337. The molecule has 0 radical (unpaired) electrons. The number of amides is 1. The number of ether oxygens (including phenoxy) is 1. The van der Waals surface area contributed by atoms with Crippen LogP contribution in [0.25, 0.3) is 0 Å². The monoisotopic (exact) mass is 315 g/mol. The Morgan fingerprint density at radius 2 is 2.05 bits per heavy atom. The van der Waals surface area contributed by atoms with Crippen LogP contribution in [0.5, 0.6) is 0 Å². The Bertz CT molecular complexity index is 531. The van der Waals surface area contributed by atoms with Crippen LogP contribution in [0.15, 0.2) is 12.1 Å². The molecule has 0 aromatic carbocycles. The maximum Gasteiger partial charge on any atom is 0.319 e. The minimum Gasteiger partial charge on any atom is -0.378 e. The zero-order valence-corrected chi connectivity index (χ0v) is 13.3. The molecule has 1 saturated heterocycles. The third-order valence-corrected chi connectivity index (χ3v) is 4.19. The molecule has 0 unspecified atom stereocenters. The van der Waals surface area contributed by atoms with Crippen LogP contribution in [0.4, 0.5) is 8.78 Å². The van der Waals surface area contributed by atoms with E-state index < -0.39 is 12.5 Å². The molecule has 0 aliphatic carbocycles. The molecule has 1 aromatic heterocycles. The number of methoxy groups -OCH3 is 1. The largest absolute Gasteiger partial charge is 0.378 e. The van der Waals surface area contributed by atoms with Crippen LogP contribution in [0.3, 0.4) is 0 Å². The highest BCUT2D eigenvalue weighted by Gasteiger charge is 2.35. The van der Waals surface area contributed by atoms with E-state index in [-0.39, 0.29) is 17.8 Å². The Kier molecular flexibility index (Phi) is 5.18. The Labute approximate surface area is 129 Å². The number of alkyl halides is 2. The summed E-state index contributed by atoms with van der Waals surface area (Å²) in [5, 5.41) is 2.83. The van der Waals surface area contributed by atoms with Gasteiger partial charge in [0.1, 0.15) is 5.69 Å². The second-order valence-electron chi connectivity index (χ2n) is 5.91. The fourth-order valence-corrected chi connectivity index (χ4v) is 2.84. The summed E-state index contributed by atoms with van der Waals surface area (Å²) in [6.45, 7) is 4.33. The van der Waals surface area contributed by atoms with Crippen LogP contribution in [0.1, 0.15) is 36.6 Å². The number of hydrogen-bond donors (Lipinski definition) is 1. The molecule has 5 nitrogen and oxygen atoms in total. The molecule has 2 rings (SSSR count). The van der Waals surface area contributed by atoms with Crippen molar-refractivity contribution < 1.29 is 18.3 Å². The van der Waals surface area contributed by atoms with Crippen molar-refractivity contribution in [2.75, 3.05) is 20.2 Å². The number of halogens is 2. The Balaban J connectivity index is 2.12. The van der Waals surface area contributed by atoms with Crippen LogP contribution in [-0.4, -0.2) is 53.8 Å². The minimum atomic E-state index is -2.73. The van der Waals surface area contributed by atoms with Crippen molar-refractivity contribution in [1.29, 1.82) is 0 Å². The van der Waals surface area contributed by atoms with E-state index in [1.807, 2.05) is 0 Å². The first-order valence-corrected chi connectivity index (χ1v) is 7.38. The van der Waals surface area contributed by atoms with Crippen LogP contribution < -0.4 is 5.32 Å². The predicted octanol–water partition coefficient (Wildman–Crippen LogP) is 2.03. The highest BCUT2D eigenvalue weighted by molar-refractivity contribution is 5.93. The Morgan fingerprint density at radius 1 is 1.36 bits per heavy atom. The van der Waals surface area contributed by atoms with Gasteiger partial charge < -0.3 is 10.1 Å². The molecule has 1 fully saturated rings. The number of nitrogens with one attached hydrogen (secondary N) is 1. The molecular weight excluding hydrogens is 292 g/mol. The van der Waals surface area contributed by atoms with Gasteiger partial charge in [-0.1, -0.05) is 0 Å². The van der Waals surface area contributed by atoms with Crippen molar-refractivity contribution in [1.82, 2.24) is 14.8 Å². The molecule has 1 aromatic rings. The SMILES string of the molecule is CO[C@@H]1CN(C(C)C)C[C@H]1NC(=O)c1ccc(C)n1C(F)F. The van der Waals surface area contributed by atoms with E-state index in [9.17, 15) is 13.6 Å². The number of hydrogen-bond acceptors (Lipinski definition) is 3. The summed E-state index contributed by atoms with van der Waals surface area (Å²) >= 11 is 0. The summed E-state index contributed by atoms with van der Waals surface area (Å²) in [6.07, 6.45) is -0.137. The van der Waals surface area contributed by atoms with Gasteiger partial charge in [-0.3, -0.25) is 14.3 Å². The van der Waals surface area contributed by atoms with Gasteiger partial charge in [0.15, 0.2) is 0 Å². The van der Waals surface area contributed by atoms with Gasteiger partial charge in [0.2, 0.25) is 0 Å². The van der Waals surface area contributed by atoms with E-state index in [1.54, 1.807) is 14.0 Å². The average molecular weight is 315 g/mol. The zero-order chi connectivity index (χ0) is 16.4. The first-order chi connectivity index (χ1) is 10.3. The van der Waals surface area contributed by atoms with E-state index in [0.29, 0.717) is 24.8 Å². The summed E-state index contributed by atoms with van der Waals surface area (Å²) in [5.74, 6) is -0.494. The van der Waals surface area contributed by atoms with Gasteiger partial charge in [0.25, 0.3) is 5.91 Å². The Hall–Kier alpha value is -1.47. The van der Waals surface area contributed by atoms with Crippen LogP contribution in [0, 0.1) is 6.92 Å². The zero-order valence-electron chi connectivity index (χ0n) is 13.3. The topological polar surface area (TPSA) is 46.5 Å². The van der Waals surface area contributed by atoms with Gasteiger partial charge >= 0.3 is 6.55 Å². The smallest absolute Gasteiger partial charge is 0.319 e. The second kappa shape index (κ2) is 6.75. The van der Waals surface area contributed by atoms with Crippen molar-refractivity contribution in [2.45, 2.75) is 45.5 Å². The summed E-state index contributed by atoms with van der Waals surface area (Å²) in [4.78, 5) is 14.5. The van der Waals surface area contributed by atoms with E-state index in [0.717, 1.165) is 4.57 Å². The molecule has 1 amide bonds. The van der Waals surface area contributed by atoms with Crippen molar-refractivity contribution >= 4 is 5.91 Å². The average Bonchev–Trinajstić information content (AvgIpc) is 3.02. The minimum absolute atomic E-state index is 0.0228. The second-order valence-corrected chi connectivity index (χ2v) is 5.91. The molecule has 2 heterocycles. The van der Waals surface area contributed by atoms with Crippen LogP contribution in [0.2, 0.25) is 0 Å². The molecule has 124 valence electrons. The normalized spacial score (nSPS) is 22.7. The van der Waals surface area contributed by atoms with Gasteiger partial charge in [0, 0.05) is 31.9 Å². The number of carbonyl (C=O) groups excluding carboxylic acids is 1.